The van der Waals surface area contributed by atoms with Gasteiger partial charge in [0.2, 0.25) is 5.91 Å². The maximum Gasteiger partial charge on any atom is 0.223 e. The highest BCUT2D eigenvalue weighted by Crippen LogP contribution is 2.27. The number of carbonyl (C=O) groups is 1. The molecule has 0 bridgehead atoms. The lowest BCUT2D eigenvalue weighted by atomic mass is 9.81. The average Bonchev–Trinajstić information content (AvgIpc) is 2.18. The van der Waals surface area contributed by atoms with Gasteiger partial charge in [-0.15, -0.1) is 12.4 Å². The van der Waals surface area contributed by atoms with Crippen LogP contribution < -0.4 is 11.1 Å². The largest absolute Gasteiger partial charge is 0.356 e. The molecule has 0 radical (unpaired) electrons. The van der Waals surface area contributed by atoms with E-state index in [0.717, 1.165) is 38.8 Å². The highest BCUT2D eigenvalue weighted by Gasteiger charge is 2.24. The molecule has 0 aromatic heterocycles. The molecule has 0 aliphatic heterocycles. The van der Waals surface area contributed by atoms with Crippen molar-refractivity contribution in [2.24, 2.45) is 17.6 Å². The van der Waals surface area contributed by atoms with E-state index in [1.807, 2.05) is 6.92 Å². The third-order valence-electron chi connectivity index (χ3n) is 2.90. The molecule has 1 fully saturated rings. The van der Waals surface area contributed by atoms with E-state index >= 15 is 0 Å². The van der Waals surface area contributed by atoms with Crippen molar-refractivity contribution in [3.8, 4) is 0 Å². The number of hydrogen-bond acceptors (Lipinski definition) is 2. The number of nitrogens with one attached hydrogen (secondary N) is 1. The first-order valence-corrected chi connectivity index (χ1v) is 5.25. The van der Waals surface area contributed by atoms with Gasteiger partial charge < -0.3 is 11.1 Å². The fraction of sp³-hybridized carbons (Fsp3) is 0.900. The molecule has 4 heteroatoms. The smallest absolute Gasteiger partial charge is 0.223 e. The molecule has 3 N–H and O–H groups in total. The Bertz CT molecular complexity index is 168. The third kappa shape index (κ3) is 3.84. The topological polar surface area (TPSA) is 55.1 Å². The number of carbonyl (C=O) groups excluding carboxylic acids is 1. The molecule has 3 nitrogen and oxygen atoms in total. The van der Waals surface area contributed by atoms with Gasteiger partial charge in [-0.05, 0) is 45.1 Å². The zero-order valence-electron chi connectivity index (χ0n) is 8.79. The predicted molar refractivity (Wildman–Crippen MR) is 60.4 cm³/mol. The Morgan fingerprint density at radius 3 is 2.36 bits per heavy atom. The van der Waals surface area contributed by atoms with Gasteiger partial charge >= 0.3 is 0 Å². The van der Waals surface area contributed by atoms with Crippen molar-refractivity contribution in [2.75, 3.05) is 13.1 Å². The van der Waals surface area contributed by atoms with E-state index in [9.17, 15) is 4.79 Å². The predicted octanol–water partition coefficient (Wildman–Crippen LogP) is 1.31. The maximum absolute atomic E-state index is 11.5. The second-order valence-corrected chi connectivity index (χ2v) is 3.85. The Morgan fingerprint density at radius 2 is 1.93 bits per heavy atom. The van der Waals surface area contributed by atoms with Crippen molar-refractivity contribution >= 4 is 18.3 Å². The van der Waals surface area contributed by atoms with Gasteiger partial charge in [0.1, 0.15) is 0 Å². The molecule has 0 aromatic carbocycles. The molecule has 0 unspecified atom stereocenters. The number of nitrogens with two attached hydrogens (primary N) is 1. The van der Waals surface area contributed by atoms with Crippen molar-refractivity contribution in [1.82, 2.24) is 5.32 Å². The second-order valence-electron chi connectivity index (χ2n) is 3.85. The normalized spacial score (nSPS) is 26.4. The van der Waals surface area contributed by atoms with Crippen LogP contribution >= 0.6 is 12.4 Å². The summed E-state index contributed by atoms with van der Waals surface area (Å²) in [6, 6.07) is 0. The standard InChI is InChI=1S/C10H20N2O.ClH/c1-2-12-10(13)9-5-3-8(7-11)4-6-9;/h8-9H,2-7,11H2,1H3,(H,12,13);1H. The molecule has 1 saturated carbocycles. The molecule has 1 rings (SSSR count). The summed E-state index contributed by atoms with van der Waals surface area (Å²) in [5.74, 6) is 1.14. The van der Waals surface area contributed by atoms with Gasteiger partial charge in [-0.1, -0.05) is 0 Å². The summed E-state index contributed by atoms with van der Waals surface area (Å²) in [6.45, 7) is 3.49. The van der Waals surface area contributed by atoms with Crippen LogP contribution in [0.15, 0.2) is 0 Å². The first-order chi connectivity index (χ1) is 6.27. The van der Waals surface area contributed by atoms with Crippen LogP contribution in [0.2, 0.25) is 0 Å². The summed E-state index contributed by atoms with van der Waals surface area (Å²) < 4.78 is 0. The fourth-order valence-electron chi connectivity index (χ4n) is 1.98. The SMILES string of the molecule is CCNC(=O)C1CCC(CN)CC1.Cl. The molecule has 0 aromatic rings. The molecule has 1 aliphatic rings. The molecular weight excluding hydrogens is 200 g/mol. The van der Waals surface area contributed by atoms with Crippen LogP contribution in [0, 0.1) is 11.8 Å². The Morgan fingerprint density at radius 1 is 1.36 bits per heavy atom. The monoisotopic (exact) mass is 220 g/mol. The quantitative estimate of drug-likeness (QED) is 0.754. The lowest BCUT2D eigenvalue weighted by molar-refractivity contribution is -0.126. The van der Waals surface area contributed by atoms with Gasteiger partial charge in [0.25, 0.3) is 0 Å². The van der Waals surface area contributed by atoms with Crippen LogP contribution in [0.1, 0.15) is 32.6 Å². The number of rotatable bonds is 3. The summed E-state index contributed by atoms with van der Waals surface area (Å²) in [6.07, 6.45) is 4.29. The van der Waals surface area contributed by atoms with Gasteiger partial charge in [0, 0.05) is 12.5 Å². The minimum atomic E-state index is 0. The molecule has 0 heterocycles. The van der Waals surface area contributed by atoms with Crippen molar-refractivity contribution in [3.63, 3.8) is 0 Å². The minimum Gasteiger partial charge on any atom is -0.356 e. The van der Waals surface area contributed by atoms with E-state index < -0.39 is 0 Å². The maximum atomic E-state index is 11.5. The average molecular weight is 221 g/mol. The van der Waals surface area contributed by atoms with Crippen LogP contribution in [-0.4, -0.2) is 19.0 Å². The van der Waals surface area contributed by atoms with E-state index in [-0.39, 0.29) is 24.2 Å². The van der Waals surface area contributed by atoms with Gasteiger partial charge in [-0.25, -0.2) is 0 Å². The van der Waals surface area contributed by atoms with E-state index in [1.54, 1.807) is 0 Å². The van der Waals surface area contributed by atoms with Crippen molar-refractivity contribution in [2.45, 2.75) is 32.6 Å². The molecular formula is C10H21ClN2O. The Labute approximate surface area is 92.2 Å². The molecule has 14 heavy (non-hydrogen) atoms. The summed E-state index contributed by atoms with van der Waals surface area (Å²) in [5, 5.41) is 2.88. The molecule has 0 atom stereocenters. The summed E-state index contributed by atoms with van der Waals surface area (Å²) in [7, 11) is 0. The van der Waals surface area contributed by atoms with E-state index in [1.165, 1.54) is 0 Å². The first-order valence-electron chi connectivity index (χ1n) is 5.25. The minimum absolute atomic E-state index is 0. The Hall–Kier alpha value is -0.280. The third-order valence-corrected chi connectivity index (χ3v) is 2.90. The van der Waals surface area contributed by atoms with Crippen LogP contribution in [0.4, 0.5) is 0 Å². The van der Waals surface area contributed by atoms with Gasteiger partial charge in [-0.3, -0.25) is 4.79 Å². The van der Waals surface area contributed by atoms with E-state index in [2.05, 4.69) is 5.32 Å². The van der Waals surface area contributed by atoms with Crippen molar-refractivity contribution in [1.29, 1.82) is 0 Å². The van der Waals surface area contributed by atoms with Crippen LogP contribution in [0.5, 0.6) is 0 Å². The molecule has 1 amide bonds. The highest BCUT2D eigenvalue weighted by molar-refractivity contribution is 5.85. The van der Waals surface area contributed by atoms with Crippen molar-refractivity contribution < 1.29 is 4.79 Å². The van der Waals surface area contributed by atoms with Gasteiger partial charge in [0.05, 0.1) is 0 Å². The first kappa shape index (κ1) is 13.7. The van der Waals surface area contributed by atoms with E-state index in [4.69, 9.17) is 5.73 Å². The number of amides is 1. The molecule has 1 aliphatic carbocycles. The Balaban J connectivity index is 0.00000169. The summed E-state index contributed by atoms with van der Waals surface area (Å²) >= 11 is 0. The lowest BCUT2D eigenvalue weighted by Gasteiger charge is -2.26. The molecule has 84 valence electrons. The van der Waals surface area contributed by atoms with Crippen molar-refractivity contribution in [3.05, 3.63) is 0 Å². The zero-order chi connectivity index (χ0) is 9.68. The summed E-state index contributed by atoms with van der Waals surface area (Å²) in [5.41, 5.74) is 5.58. The van der Waals surface area contributed by atoms with Gasteiger partial charge in [0.15, 0.2) is 0 Å². The van der Waals surface area contributed by atoms with Crippen LogP contribution in [-0.2, 0) is 4.79 Å². The van der Waals surface area contributed by atoms with Crippen LogP contribution in [0.25, 0.3) is 0 Å². The highest BCUT2D eigenvalue weighted by atomic mass is 35.5. The van der Waals surface area contributed by atoms with E-state index in [0.29, 0.717) is 5.92 Å². The molecule has 0 spiro atoms. The fourth-order valence-corrected chi connectivity index (χ4v) is 1.98. The Kier molecular flexibility index (Phi) is 6.93. The zero-order valence-corrected chi connectivity index (χ0v) is 9.61. The number of hydrogen-bond donors (Lipinski definition) is 2. The number of halogens is 1. The van der Waals surface area contributed by atoms with Gasteiger partial charge in [-0.2, -0.15) is 0 Å². The molecule has 0 saturated heterocycles. The van der Waals surface area contributed by atoms with Crippen LogP contribution in [0.3, 0.4) is 0 Å². The lowest BCUT2D eigenvalue weighted by Crippen LogP contribution is -2.34. The summed E-state index contributed by atoms with van der Waals surface area (Å²) in [4.78, 5) is 11.5. The second kappa shape index (κ2) is 7.07.